The zero-order chi connectivity index (χ0) is 15.0. The number of anilines is 1. The number of rotatable bonds is 4. The van der Waals surface area contributed by atoms with Crippen LogP contribution in [0.2, 0.25) is 0 Å². The van der Waals surface area contributed by atoms with E-state index in [9.17, 15) is 4.79 Å². The number of hydrogen-bond donors (Lipinski definition) is 2. The van der Waals surface area contributed by atoms with Gasteiger partial charge in [-0.05, 0) is 31.4 Å². The van der Waals surface area contributed by atoms with Crippen molar-refractivity contribution >= 4 is 34.3 Å². The van der Waals surface area contributed by atoms with Crippen molar-refractivity contribution in [1.82, 2.24) is 5.32 Å². The van der Waals surface area contributed by atoms with E-state index in [1.165, 1.54) is 18.9 Å². The molecule has 0 unspecified atom stereocenters. The molecule has 1 aromatic carbocycles. The van der Waals surface area contributed by atoms with Gasteiger partial charge in [0.05, 0.1) is 24.0 Å². The van der Waals surface area contributed by atoms with Crippen LogP contribution in [-0.2, 0) is 4.74 Å². The molecular formula is C13H16N4O2S. The van der Waals surface area contributed by atoms with Gasteiger partial charge < -0.3 is 10.1 Å². The summed E-state index contributed by atoms with van der Waals surface area (Å²) in [6, 6.07) is 5.05. The second-order valence-corrected chi connectivity index (χ2v) is 4.41. The molecule has 0 aromatic heterocycles. The Hall–Kier alpha value is -2.20. The maximum atomic E-state index is 11.6. The monoisotopic (exact) mass is 292 g/mol. The molecule has 0 aliphatic heterocycles. The normalized spacial score (nSPS) is 10.6. The van der Waals surface area contributed by atoms with Crippen LogP contribution in [0.3, 0.4) is 0 Å². The largest absolute Gasteiger partial charge is 0.465 e. The summed E-state index contributed by atoms with van der Waals surface area (Å²) in [7, 11) is 1.33. The standard InChI is InChI=1S/C13H16N4O2S/c1-4-15-10-6-5-9(12(18)19-2)7-11(10)17-13(20-3)16-8-14/h5-7,15H,4H2,1-3H3,(H,16,17). The van der Waals surface area contributed by atoms with E-state index in [4.69, 9.17) is 5.26 Å². The third-order valence-corrected chi connectivity index (χ3v) is 2.94. The highest BCUT2D eigenvalue weighted by Gasteiger charge is 2.10. The molecule has 0 fully saturated rings. The van der Waals surface area contributed by atoms with Gasteiger partial charge in [0.2, 0.25) is 0 Å². The van der Waals surface area contributed by atoms with Crippen LogP contribution in [0.1, 0.15) is 17.3 Å². The minimum absolute atomic E-state index is 0.408. The summed E-state index contributed by atoms with van der Waals surface area (Å²) >= 11 is 1.31. The number of ether oxygens (including phenoxy) is 1. The lowest BCUT2D eigenvalue weighted by atomic mass is 10.1. The van der Waals surface area contributed by atoms with E-state index in [1.54, 1.807) is 24.5 Å². The van der Waals surface area contributed by atoms with Gasteiger partial charge in [-0.15, -0.1) is 0 Å². The average molecular weight is 292 g/mol. The second kappa shape index (κ2) is 8.07. The SMILES string of the molecule is CCNc1ccc(C(=O)OC)cc1N=C(NC#N)SC. The molecule has 20 heavy (non-hydrogen) atoms. The highest BCUT2D eigenvalue weighted by molar-refractivity contribution is 8.13. The number of amidine groups is 1. The third-order valence-electron chi connectivity index (χ3n) is 2.36. The Morgan fingerprint density at radius 3 is 2.85 bits per heavy atom. The number of methoxy groups -OCH3 is 1. The molecule has 7 heteroatoms. The number of carbonyl (C=O) groups is 1. The van der Waals surface area contributed by atoms with Crippen molar-refractivity contribution in [3.8, 4) is 6.19 Å². The fourth-order valence-corrected chi connectivity index (χ4v) is 1.83. The van der Waals surface area contributed by atoms with Gasteiger partial charge in [-0.25, -0.2) is 9.79 Å². The molecule has 0 amide bonds. The smallest absolute Gasteiger partial charge is 0.337 e. The molecule has 0 aliphatic rings. The fourth-order valence-electron chi connectivity index (χ4n) is 1.49. The van der Waals surface area contributed by atoms with Crippen molar-refractivity contribution in [2.45, 2.75) is 6.92 Å². The van der Waals surface area contributed by atoms with Crippen molar-refractivity contribution in [3.63, 3.8) is 0 Å². The van der Waals surface area contributed by atoms with Crippen molar-refractivity contribution < 1.29 is 9.53 Å². The van der Waals surface area contributed by atoms with Crippen LogP contribution >= 0.6 is 11.8 Å². The Labute approximate surface area is 122 Å². The number of carbonyl (C=O) groups excluding carboxylic acids is 1. The molecular weight excluding hydrogens is 276 g/mol. The number of esters is 1. The molecule has 2 N–H and O–H groups in total. The Morgan fingerprint density at radius 1 is 1.55 bits per heavy atom. The fraction of sp³-hybridized carbons (Fsp3) is 0.308. The summed E-state index contributed by atoms with van der Waals surface area (Å²) in [5.41, 5.74) is 1.76. The third kappa shape index (κ3) is 4.17. The highest BCUT2D eigenvalue weighted by Crippen LogP contribution is 2.27. The van der Waals surface area contributed by atoms with Crippen LogP contribution in [0.25, 0.3) is 0 Å². The summed E-state index contributed by atoms with van der Waals surface area (Å²) < 4.78 is 4.69. The highest BCUT2D eigenvalue weighted by atomic mass is 32.2. The van der Waals surface area contributed by atoms with E-state index >= 15 is 0 Å². The lowest BCUT2D eigenvalue weighted by Crippen LogP contribution is -2.13. The number of hydrogen-bond acceptors (Lipinski definition) is 6. The van der Waals surface area contributed by atoms with Crippen LogP contribution in [-0.4, -0.2) is 31.0 Å². The van der Waals surface area contributed by atoms with E-state index in [1.807, 2.05) is 13.1 Å². The summed E-state index contributed by atoms with van der Waals surface area (Å²) in [6.45, 7) is 2.69. The van der Waals surface area contributed by atoms with E-state index < -0.39 is 5.97 Å². The Morgan fingerprint density at radius 2 is 2.30 bits per heavy atom. The quantitative estimate of drug-likeness (QED) is 0.291. The molecule has 1 rings (SSSR count). The molecule has 6 nitrogen and oxygen atoms in total. The molecule has 106 valence electrons. The Balaban J connectivity index is 3.24. The van der Waals surface area contributed by atoms with Crippen molar-refractivity contribution in [2.75, 3.05) is 25.2 Å². The van der Waals surface area contributed by atoms with Gasteiger partial charge in [-0.3, -0.25) is 5.32 Å². The Bertz CT molecular complexity index is 552. The lowest BCUT2D eigenvalue weighted by Gasteiger charge is -2.10. The zero-order valence-electron chi connectivity index (χ0n) is 11.6. The second-order valence-electron chi connectivity index (χ2n) is 3.61. The van der Waals surface area contributed by atoms with Gasteiger partial charge in [0, 0.05) is 6.54 Å². The number of nitrogens with one attached hydrogen (secondary N) is 2. The first kappa shape index (κ1) is 15.9. The molecule has 0 atom stereocenters. The van der Waals surface area contributed by atoms with Crippen molar-refractivity contribution in [1.29, 1.82) is 5.26 Å². The minimum Gasteiger partial charge on any atom is -0.465 e. The number of benzene rings is 1. The molecule has 0 saturated heterocycles. The first-order chi connectivity index (χ1) is 9.65. The van der Waals surface area contributed by atoms with Gasteiger partial charge >= 0.3 is 5.97 Å². The first-order valence-corrected chi connectivity index (χ1v) is 7.12. The summed E-state index contributed by atoms with van der Waals surface area (Å²) in [4.78, 5) is 15.9. The van der Waals surface area contributed by atoms with Gasteiger partial charge in [0.15, 0.2) is 11.4 Å². The maximum Gasteiger partial charge on any atom is 0.337 e. The van der Waals surface area contributed by atoms with E-state index in [-0.39, 0.29) is 0 Å². The molecule has 0 bridgehead atoms. The van der Waals surface area contributed by atoms with Crippen LogP contribution in [0, 0.1) is 11.5 Å². The molecule has 0 radical (unpaired) electrons. The number of thioether (sulfide) groups is 1. The number of aliphatic imine (C=N–C) groups is 1. The molecule has 0 aliphatic carbocycles. The number of nitriles is 1. The van der Waals surface area contributed by atoms with Gasteiger partial charge in [-0.2, -0.15) is 5.26 Å². The van der Waals surface area contributed by atoms with Crippen molar-refractivity contribution in [2.24, 2.45) is 4.99 Å². The van der Waals surface area contributed by atoms with Crippen LogP contribution in [0.5, 0.6) is 0 Å². The van der Waals surface area contributed by atoms with E-state index in [0.717, 1.165) is 12.2 Å². The van der Waals surface area contributed by atoms with Gasteiger partial charge in [-0.1, -0.05) is 11.8 Å². The summed E-state index contributed by atoms with van der Waals surface area (Å²) in [5.74, 6) is -0.427. The van der Waals surface area contributed by atoms with Gasteiger partial charge in [0.25, 0.3) is 0 Å². The van der Waals surface area contributed by atoms with E-state index in [2.05, 4.69) is 20.4 Å². The average Bonchev–Trinajstić information content (AvgIpc) is 2.47. The summed E-state index contributed by atoms with van der Waals surface area (Å²) in [5, 5.41) is 14.7. The van der Waals surface area contributed by atoms with Gasteiger partial charge in [0.1, 0.15) is 0 Å². The zero-order valence-corrected chi connectivity index (χ0v) is 12.4. The van der Waals surface area contributed by atoms with Crippen LogP contribution in [0.4, 0.5) is 11.4 Å². The molecule has 0 heterocycles. The van der Waals surface area contributed by atoms with Crippen LogP contribution in [0.15, 0.2) is 23.2 Å². The molecule has 1 aromatic rings. The predicted octanol–water partition coefficient (Wildman–Crippen LogP) is 2.33. The van der Waals surface area contributed by atoms with Crippen LogP contribution < -0.4 is 10.6 Å². The predicted molar refractivity (Wildman–Crippen MR) is 81.3 cm³/mol. The summed E-state index contributed by atoms with van der Waals surface area (Å²) in [6.07, 6.45) is 3.63. The topological polar surface area (TPSA) is 86.5 Å². The molecule has 0 spiro atoms. The van der Waals surface area contributed by atoms with E-state index in [0.29, 0.717) is 16.4 Å². The first-order valence-electron chi connectivity index (χ1n) is 5.90. The molecule has 0 saturated carbocycles. The Kier molecular flexibility index (Phi) is 6.40. The maximum absolute atomic E-state index is 11.6. The number of nitrogens with zero attached hydrogens (tertiary/aromatic N) is 2. The lowest BCUT2D eigenvalue weighted by molar-refractivity contribution is 0.0601. The minimum atomic E-state index is -0.427. The van der Waals surface area contributed by atoms with Crippen molar-refractivity contribution in [3.05, 3.63) is 23.8 Å².